The second-order valence-electron chi connectivity index (χ2n) is 5.11. The van der Waals surface area contributed by atoms with Crippen molar-refractivity contribution in [3.8, 4) is 0 Å². The second-order valence-corrected chi connectivity index (χ2v) is 7.06. The average molecular weight is 375 g/mol. The number of hydrogen-bond donors (Lipinski definition) is 3. The van der Waals surface area contributed by atoms with Crippen molar-refractivity contribution in [3.63, 3.8) is 0 Å². The van der Waals surface area contributed by atoms with Crippen LogP contribution in [0.4, 0.5) is 11.4 Å². The first-order valence-electron chi connectivity index (χ1n) is 7.00. The van der Waals surface area contributed by atoms with Crippen LogP contribution in [-0.2, 0) is 14.8 Å². The third-order valence-electron chi connectivity index (χ3n) is 3.45. The fraction of sp³-hybridized carbons (Fsp3) is 0. The Morgan fingerprint density at radius 1 is 1.12 bits per heavy atom. The average Bonchev–Trinajstić information content (AvgIpc) is 2.87. The molecule has 0 bridgehead atoms. The number of nitrogens with zero attached hydrogens (tertiary/aromatic N) is 2. The van der Waals surface area contributed by atoms with Crippen LogP contribution in [0.3, 0.4) is 0 Å². The molecule has 0 saturated heterocycles. The summed E-state index contributed by atoms with van der Waals surface area (Å²) in [5, 5.41) is 12.9. The number of carbonyl (C=O) groups excluding carboxylic acids is 1. The van der Waals surface area contributed by atoms with Crippen LogP contribution < -0.4 is 21.2 Å². The Balaban J connectivity index is 2.18. The number of benzene rings is 2. The number of para-hydroxylation sites is 2. The van der Waals surface area contributed by atoms with E-state index in [1.54, 1.807) is 30.3 Å². The highest BCUT2D eigenvalue weighted by molar-refractivity contribution is 7.89. The standard InChI is InChI=1S/C15H13N5O3S2/c16-15(24)20(11-7-3-4-8-12(11)25(17,22)23)19-13-9-5-1-2-6-10(9)18-14(13)21/h1-8H,(H2,16,24)(H2,17,22,23)(H,18,19,21). The van der Waals surface area contributed by atoms with Crippen molar-refractivity contribution in [1.82, 2.24) is 0 Å². The maximum absolute atomic E-state index is 12.2. The number of nitrogens with one attached hydrogen (secondary N) is 1. The first kappa shape index (κ1) is 17.0. The lowest BCUT2D eigenvalue weighted by Crippen LogP contribution is -2.34. The molecule has 2 aromatic rings. The van der Waals surface area contributed by atoms with E-state index in [1.807, 2.05) is 0 Å². The SMILES string of the molecule is NC(=S)N(/N=C1/C(=O)Nc2ccccc21)c1ccccc1S(N)(=O)=O. The first-order valence-corrected chi connectivity index (χ1v) is 8.95. The lowest BCUT2D eigenvalue weighted by molar-refractivity contribution is -0.110. The van der Waals surface area contributed by atoms with Gasteiger partial charge in [0.05, 0.1) is 11.4 Å². The van der Waals surface area contributed by atoms with Crippen molar-refractivity contribution in [2.45, 2.75) is 4.90 Å². The van der Waals surface area contributed by atoms with Crippen LogP contribution in [0.5, 0.6) is 0 Å². The van der Waals surface area contributed by atoms with Gasteiger partial charge in [0.15, 0.2) is 10.8 Å². The van der Waals surface area contributed by atoms with Crippen molar-refractivity contribution in [1.29, 1.82) is 0 Å². The normalized spacial score (nSPS) is 14.9. The van der Waals surface area contributed by atoms with E-state index in [9.17, 15) is 13.2 Å². The van der Waals surface area contributed by atoms with Crippen molar-refractivity contribution in [2.24, 2.45) is 16.0 Å². The van der Waals surface area contributed by atoms with Crippen molar-refractivity contribution >= 4 is 50.3 Å². The van der Waals surface area contributed by atoms with Gasteiger partial charge in [0.25, 0.3) is 5.91 Å². The van der Waals surface area contributed by atoms with Gasteiger partial charge < -0.3 is 11.1 Å². The minimum absolute atomic E-state index is 0.0576. The Morgan fingerprint density at radius 3 is 2.44 bits per heavy atom. The summed E-state index contributed by atoms with van der Waals surface area (Å²) in [6, 6.07) is 12.8. The van der Waals surface area contributed by atoms with Gasteiger partial charge in [-0.25, -0.2) is 18.6 Å². The van der Waals surface area contributed by atoms with Crippen LogP contribution in [0, 0.1) is 0 Å². The summed E-state index contributed by atoms with van der Waals surface area (Å²) in [5.74, 6) is -0.449. The molecule has 2 aromatic carbocycles. The number of rotatable bonds is 3. The number of amides is 1. The highest BCUT2D eigenvalue weighted by atomic mass is 32.2. The van der Waals surface area contributed by atoms with Crippen LogP contribution in [0.25, 0.3) is 0 Å². The number of hydrazone groups is 1. The van der Waals surface area contributed by atoms with Gasteiger partial charge in [-0.2, -0.15) is 5.10 Å². The fourth-order valence-corrected chi connectivity index (χ4v) is 3.25. The summed E-state index contributed by atoms with van der Waals surface area (Å²) in [6.07, 6.45) is 0. The lowest BCUT2D eigenvalue weighted by atomic mass is 10.1. The predicted octanol–water partition coefficient (Wildman–Crippen LogP) is 0.740. The van der Waals surface area contributed by atoms with E-state index in [2.05, 4.69) is 10.4 Å². The van der Waals surface area contributed by atoms with Crippen molar-refractivity contribution in [3.05, 3.63) is 54.1 Å². The van der Waals surface area contributed by atoms with Crippen LogP contribution in [-0.4, -0.2) is 25.1 Å². The number of carbonyl (C=O) groups is 1. The van der Waals surface area contributed by atoms with E-state index in [0.29, 0.717) is 11.3 Å². The molecule has 3 rings (SSSR count). The van der Waals surface area contributed by atoms with Crippen molar-refractivity contribution in [2.75, 3.05) is 10.3 Å². The highest BCUT2D eigenvalue weighted by Gasteiger charge is 2.28. The molecule has 0 spiro atoms. The smallest absolute Gasteiger partial charge is 0.276 e. The summed E-state index contributed by atoms with van der Waals surface area (Å²) in [4.78, 5) is 12.0. The highest BCUT2D eigenvalue weighted by Crippen LogP contribution is 2.27. The lowest BCUT2D eigenvalue weighted by Gasteiger charge is -2.20. The Hall–Kier alpha value is -2.82. The summed E-state index contributed by atoms with van der Waals surface area (Å²) in [6.45, 7) is 0. The molecule has 0 aromatic heterocycles. The van der Waals surface area contributed by atoms with Crippen LogP contribution >= 0.6 is 12.2 Å². The third kappa shape index (κ3) is 3.22. The molecule has 10 heteroatoms. The van der Waals surface area contributed by atoms with Gasteiger partial charge in [-0.1, -0.05) is 30.3 Å². The number of sulfonamides is 1. The van der Waals surface area contributed by atoms with Gasteiger partial charge in [-0.15, -0.1) is 0 Å². The Morgan fingerprint density at radius 2 is 1.76 bits per heavy atom. The number of fused-ring (bicyclic) bond motifs is 1. The molecule has 0 aliphatic carbocycles. The monoisotopic (exact) mass is 375 g/mol. The van der Waals surface area contributed by atoms with E-state index in [1.165, 1.54) is 18.2 Å². The molecular formula is C15H13N5O3S2. The Bertz CT molecular complexity index is 1020. The minimum atomic E-state index is -4.05. The van der Waals surface area contributed by atoms with Crippen LogP contribution in [0.1, 0.15) is 5.56 Å². The maximum atomic E-state index is 12.2. The Kier molecular flexibility index (Phi) is 4.25. The van der Waals surface area contributed by atoms with Crippen LogP contribution in [0.15, 0.2) is 58.5 Å². The van der Waals surface area contributed by atoms with Gasteiger partial charge in [0, 0.05) is 5.56 Å². The minimum Gasteiger partial charge on any atom is -0.374 e. The molecule has 5 N–H and O–H groups in total. The molecule has 8 nitrogen and oxygen atoms in total. The van der Waals surface area contributed by atoms with Gasteiger partial charge in [-0.3, -0.25) is 4.79 Å². The number of thiocarbonyl (C=S) groups is 1. The number of nitrogens with two attached hydrogens (primary N) is 2. The van der Waals surface area contributed by atoms with Crippen LogP contribution in [0.2, 0.25) is 0 Å². The molecule has 0 unspecified atom stereocenters. The van der Waals surface area contributed by atoms with Gasteiger partial charge >= 0.3 is 0 Å². The summed E-state index contributed by atoms with van der Waals surface area (Å²) in [7, 11) is -4.05. The fourth-order valence-electron chi connectivity index (χ4n) is 2.40. The first-order chi connectivity index (χ1) is 11.8. The molecule has 1 heterocycles. The van der Waals surface area contributed by atoms with Crippen molar-refractivity contribution < 1.29 is 13.2 Å². The largest absolute Gasteiger partial charge is 0.374 e. The van der Waals surface area contributed by atoms with E-state index in [0.717, 1.165) is 5.01 Å². The predicted molar refractivity (Wildman–Crippen MR) is 98.7 cm³/mol. The molecule has 1 aliphatic heterocycles. The molecule has 0 radical (unpaired) electrons. The maximum Gasteiger partial charge on any atom is 0.276 e. The van der Waals surface area contributed by atoms with Gasteiger partial charge in [0.2, 0.25) is 10.0 Å². The van der Waals surface area contributed by atoms with Gasteiger partial charge in [-0.05, 0) is 30.4 Å². The zero-order chi connectivity index (χ0) is 18.2. The summed E-state index contributed by atoms with van der Waals surface area (Å²) >= 11 is 4.98. The molecule has 25 heavy (non-hydrogen) atoms. The molecule has 1 aliphatic rings. The molecule has 0 saturated carbocycles. The second kappa shape index (κ2) is 6.24. The summed E-state index contributed by atoms with van der Waals surface area (Å²) in [5.41, 5.74) is 6.98. The Labute approximate surface area is 149 Å². The molecular weight excluding hydrogens is 362 g/mol. The number of primary sulfonamides is 1. The van der Waals surface area contributed by atoms with E-state index < -0.39 is 15.9 Å². The number of anilines is 2. The summed E-state index contributed by atoms with van der Waals surface area (Å²) < 4.78 is 23.6. The van der Waals surface area contributed by atoms with E-state index >= 15 is 0 Å². The molecule has 128 valence electrons. The van der Waals surface area contributed by atoms with Gasteiger partial charge in [0.1, 0.15) is 4.90 Å². The zero-order valence-corrected chi connectivity index (χ0v) is 14.3. The van der Waals surface area contributed by atoms with E-state index in [-0.39, 0.29) is 21.4 Å². The zero-order valence-electron chi connectivity index (χ0n) is 12.7. The van der Waals surface area contributed by atoms with E-state index in [4.69, 9.17) is 23.1 Å². The molecule has 0 atom stereocenters. The molecule has 0 fully saturated rings. The molecule has 1 amide bonds. The quantitative estimate of drug-likeness (QED) is 0.536. The number of hydrogen-bond acceptors (Lipinski definition) is 5. The third-order valence-corrected chi connectivity index (χ3v) is 4.59. The topological polar surface area (TPSA) is 131 Å².